The Bertz CT molecular complexity index is 225. The molecule has 16 heavy (non-hydrogen) atoms. The lowest BCUT2D eigenvalue weighted by molar-refractivity contribution is 0.173. The zero-order valence-corrected chi connectivity index (χ0v) is 11.2. The number of urea groups is 1. The van der Waals surface area contributed by atoms with Gasteiger partial charge in [-0.3, -0.25) is 0 Å². The summed E-state index contributed by atoms with van der Waals surface area (Å²) < 4.78 is 0. The maximum Gasteiger partial charge on any atom is 0.317 e. The number of hydrogen-bond acceptors (Lipinski definition) is 1. The summed E-state index contributed by atoms with van der Waals surface area (Å²) in [5.74, 6) is 0.777. The molecule has 0 atom stereocenters. The lowest BCUT2D eigenvalue weighted by Crippen LogP contribution is -2.44. The Morgan fingerprint density at radius 1 is 1.31 bits per heavy atom. The van der Waals surface area contributed by atoms with Gasteiger partial charge in [0.25, 0.3) is 0 Å². The molecule has 1 rings (SSSR count). The summed E-state index contributed by atoms with van der Waals surface area (Å²) in [6.45, 7) is 11.5. The third-order valence-corrected chi connectivity index (χ3v) is 3.22. The van der Waals surface area contributed by atoms with Crippen LogP contribution in [0.15, 0.2) is 0 Å². The van der Waals surface area contributed by atoms with Crippen LogP contribution in [-0.4, -0.2) is 30.6 Å². The largest absolute Gasteiger partial charge is 0.338 e. The predicted octanol–water partition coefficient (Wildman–Crippen LogP) is 2.86. The third kappa shape index (κ3) is 4.86. The first-order valence-corrected chi connectivity index (χ1v) is 6.41. The first-order valence-electron chi connectivity index (χ1n) is 6.41. The van der Waals surface area contributed by atoms with E-state index in [1.807, 2.05) is 4.90 Å². The van der Waals surface area contributed by atoms with E-state index in [1.54, 1.807) is 0 Å². The van der Waals surface area contributed by atoms with E-state index in [4.69, 9.17) is 0 Å². The minimum Gasteiger partial charge on any atom is -0.338 e. The topological polar surface area (TPSA) is 32.3 Å². The first-order chi connectivity index (χ1) is 7.38. The van der Waals surface area contributed by atoms with Crippen LogP contribution in [0.25, 0.3) is 0 Å². The summed E-state index contributed by atoms with van der Waals surface area (Å²) in [7, 11) is 0. The first kappa shape index (κ1) is 13.3. The molecule has 0 aromatic carbocycles. The molecule has 1 saturated heterocycles. The fourth-order valence-electron chi connectivity index (χ4n) is 1.87. The average molecular weight is 226 g/mol. The Kier molecular flexibility index (Phi) is 4.63. The zero-order valence-electron chi connectivity index (χ0n) is 11.2. The molecule has 0 spiro atoms. The number of carbonyl (C=O) groups is 1. The van der Waals surface area contributed by atoms with Crippen molar-refractivity contribution in [1.82, 2.24) is 10.2 Å². The standard InChI is InChI=1S/C13H26N2O/c1-11-5-9-15(10-6-11)12(16)14-8-7-13(2,3)4/h11H,5-10H2,1-4H3,(H,14,16). The van der Waals surface area contributed by atoms with Crippen LogP contribution in [0.2, 0.25) is 0 Å². The summed E-state index contributed by atoms with van der Waals surface area (Å²) in [6, 6.07) is 0.121. The highest BCUT2D eigenvalue weighted by atomic mass is 16.2. The Balaban J connectivity index is 2.20. The quantitative estimate of drug-likeness (QED) is 0.771. The lowest BCUT2D eigenvalue weighted by atomic mass is 9.92. The van der Waals surface area contributed by atoms with Gasteiger partial charge >= 0.3 is 6.03 Å². The second-order valence-electron chi connectivity index (χ2n) is 6.21. The number of carbonyl (C=O) groups excluding carboxylic acids is 1. The fraction of sp³-hybridized carbons (Fsp3) is 0.923. The van der Waals surface area contributed by atoms with Gasteiger partial charge in [-0.2, -0.15) is 0 Å². The Morgan fingerprint density at radius 2 is 1.88 bits per heavy atom. The third-order valence-electron chi connectivity index (χ3n) is 3.22. The van der Waals surface area contributed by atoms with E-state index in [9.17, 15) is 4.79 Å². The van der Waals surface area contributed by atoms with Gasteiger partial charge in [-0.15, -0.1) is 0 Å². The Morgan fingerprint density at radius 3 is 2.38 bits per heavy atom. The van der Waals surface area contributed by atoms with Crippen LogP contribution in [0, 0.1) is 11.3 Å². The number of nitrogens with one attached hydrogen (secondary N) is 1. The molecule has 1 N–H and O–H groups in total. The summed E-state index contributed by atoms with van der Waals surface area (Å²) in [6.07, 6.45) is 3.32. The second-order valence-corrected chi connectivity index (χ2v) is 6.21. The molecule has 1 heterocycles. The van der Waals surface area contributed by atoms with Crippen molar-refractivity contribution < 1.29 is 4.79 Å². The molecule has 0 aromatic heterocycles. The van der Waals surface area contributed by atoms with Gasteiger partial charge in [0.05, 0.1) is 0 Å². The summed E-state index contributed by atoms with van der Waals surface area (Å²) in [4.78, 5) is 13.8. The number of hydrogen-bond donors (Lipinski definition) is 1. The SMILES string of the molecule is CC1CCN(C(=O)NCCC(C)(C)C)CC1. The maximum absolute atomic E-state index is 11.8. The normalized spacial score (nSPS) is 18.6. The van der Waals surface area contributed by atoms with Crippen molar-refractivity contribution in [3.05, 3.63) is 0 Å². The molecule has 1 fully saturated rings. The van der Waals surface area contributed by atoms with Crippen LogP contribution in [0.3, 0.4) is 0 Å². The molecular weight excluding hydrogens is 200 g/mol. The Labute approximate surface area is 99.6 Å². The summed E-state index contributed by atoms with van der Waals surface area (Å²) >= 11 is 0. The van der Waals surface area contributed by atoms with Crippen molar-refractivity contribution in [1.29, 1.82) is 0 Å². The number of amides is 2. The van der Waals surface area contributed by atoms with Crippen LogP contribution >= 0.6 is 0 Å². The van der Waals surface area contributed by atoms with Gasteiger partial charge in [0.15, 0.2) is 0 Å². The molecule has 0 aliphatic carbocycles. The van der Waals surface area contributed by atoms with E-state index < -0.39 is 0 Å². The Hall–Kier alpha value is -0.730. The van der Waals surface area contributed by atoms with E-state index in [2.05, 4.69) is 33.0 Å². The maximum atomic E-state index is 11.8. The van der Waals surface area contributed by atoms with Crippen LogP contribution < -0.4 is 5.32 Å². The van der Waals surface area contributed by atoms with Gasteiger partial charge in [-0.1, -0.05) is 27.7 Å². The number of piperidine rings is 1. The monoisotopic (exact) mass is 226 g/mol. The van der Waals surface area contributed by atoms with E-state index in [0.29, 0.717) is 5.41 Å². The second kappa shape index (κ2) is 5.55. The van der Waals surface area contributed by atoms with Gasteiger partial charge in [0.2, 0.25) is 0 Å². The van der Waals surface area contributed by atoms with Gasteiger partial charge in [0.1, 0.15) is 0 Å². The van der Waals surface area contributed by atoms with Crippen molar-refractivity contribution >= 4 is 6.03 Å². The van der Waals surface area contributed by atoms with Crippen LogP contribution in [0.4, 0.5) is 4.79 Å². The number of nitrogens with zero attached hydrogens (tertiary/aromatic N) is 1. The molecule has 1 aliphatic rings. The smallest absolute Gasteiger partial charge is 0.317 e. The minimum absolute atomic E-state index is 0.121. The average Bonchev–Trinajstić information content (AvgIpc) is 2.16. The lowest BCUT2D eigenvalue weighted by Gasteiger charge is -2.30. The van der Waals surface area contributed by atoms with Crippen molar-refractivity contribution in [2.24, 2.45) is 11.3 Å². The summed E-state index contributed by atoms with van der Waals surface area (Å²) in [5.41, 5.74) is 0.295. The number of likely N-dealkylation sites (tertiary alicyclic amines) is 1. The summed E-state index contributed by atoms with van der Waals surface area (Å²) in [5, 5.41) is 3.01. The minimum atomic E-state index is 0.121. The van der Waals surface area contributed by atoms with Crippen molar-refractivity contribution in [2.45, 2.75) is 47.0 Å². The molecule has 0 radical (unpaired) electrons. The fourth-order valence-corrected chi connectivity index (χ4v) is 1.87. The molecule has 2 amide bonds. The highest BCUT2D eigenvalue weighted by Crippen LogP contribution is 2.18. The van der Waals surface area contributed by atoms with Crippen molar-refractivity contribution in [3.63, 3.8) is 0 Å². The highest BCUT2D eigenvalue weighted by Gasteiger charge is 2.20. The zero-order chi connectivity index (χ0) is 12.2. The van der Waals surface area contributed by atoms with Crippen molar-refractivity contribution in [2.75, 3.05) is 19.6 Å². The molecule has 3 nitrogen and oxygen atoms in total. The van der Waals surface area contributed by atoms with E-state index in [1.165, 1.54) is 0 Å². The molecule has 3 heteroatoms. The van der Waals surface area contributed by atoms with Gasteiger partial charge < -0.3 is 10.2 Å². The van der Waals surface area contributed by atoms with E-state index >= 15 is 0 Å². The molecular formula is C13H26N2O. The number of rotatable bonds is 2. The van der Waals surface area contributed by atoms with Crippen molar-refractivity contribution in [3.8, 4) is 0 Å². The highest BCUT2D eigenvalue weighted by molar-refractivity contribution is 5.74. The van der Waals surface area contributed by atoms with Crippen LogP contribution in [-0.2, 0) is 0 Å². The predicted molar refractivity (Wildman–Crippen MR) is 67.4 cm³/mol. The molecule has 1 aliphatic heterocycles. The van der Waals surface area contributed by atoms with Gasteiger partial charge in [-0.05, 0) is 30.6 Å². The molecule has 0 bridgehead atoms. The van der Waals surface area contributed by atoms with E-state index in [0.717, 1.165) is 44.8 Å². The van der Waals surface area contributed by atoms with Gasteiger partial charge in [0, 0.05) is 19.6 Å². The molecule has 0 saturated carbocycles. The van der Waals surface area contributed by atoms with E-state index in [-0.39, 0.29) is 6.03 Å². The van der Waals surface area contributed by atoms with Crippen LogP contribution in [0.5, 0.6) is 0 Å². The van der Waals surface area contributed by atoms with Gasteiger partial charge in [-0.25, -0.2) is 4.79 Å². The van der Waals surface area contributed by atoms with Crippen LogP contribution in [0.1, 0.15) is 47.0 Å². The molecule has 0 aromatic rings. The molecule has 94 valence electrons. The molecule has 0 unspecified atom stereocenters.